The molecule has 0 bridgehead atoms. The fraction of sp³-hybridized carbons (Fsp3) is 0.462. The molecule has 0 atom stereocenters. The van der Waals surface area contributed by atoms with E-state index >= 15 is 0 Å². The molecular weight excluding hydrogens is 448 g/mol. The summed E-state index contributed by atoms with van der Waals surface area (Å²) < 4.78 is 11.3. The van der Waals surface area contributed by atoms with Crippen molar-refractivity contribution < 1.29 is 23.9 Å². The van der Waals surface area contributed by atoms with Crippen LogP contribution in [0.15, 0.2) is 42.6 Å². The summed E-state index contributed by atoms with van der Waals surface area (Å²) in [4.78, 5) is 43.8. The zero-order chi connectivity index (χ0) is 24.5. The standard InChI is InChI=1S/C26H32N4O5/c31-24(29-23-9-4-5-14-27-23)10-6-11-26(33)30(18-25(32)28-19-7-2-1-3-8-19)20-12-13-21-22(17-20)35-16-15-34-21/h4-5,9,12-14,17,19H,1-3,6-8,10-11,15-16,18H2,(H,28,32)(H,27,29,31). The highest BCUT2D eigenvalue weighted by atomic mass is 16.6. The fourth-order valence-corrected chi connectivity index (χ4v) is 4.36. The number of amides is 3. The Kier molecular flexibility index (Phi) is 8.53. The predicted octanol–water partition coefficient (Wildman–Crippen LogP) is 3.44. The number of rotatable bonds is 9. The van der Waals surface area contributed by atoms with Gasteiger partial charge in [-0.05, 0) is 43.5 Å². The van der Waals surface area contributed by atoms with Gasteiger partial charge in [0.1, 0.15) is 25.6 Å². The van der Waals surface area contributed by atoms with Gasteiger partial charge in [-0.1, -0.05) is 25.3 Å². The molecule has 2 aromatic rings. The van der Waals surface area contributed by atoms with Crippen LogP contribution in [-0.2, 0) is 14.4 Å². The van der Waals surface area contributed by atoms with Crippen molar-refractivity contribution in [3.63, 3.8) is 0 Å². The molecule has 9 heteroatoms. The smallest absolute Gasteiger partial charge is 0.240 e. The van der Waals surface area contributed by atoms with Crippen molar-refractivity contribution in [1.82, 2.24) is 10.3 Å². The Labute approximate surface area is 205 Å². The Hall–Kier alpha value is -3.62. The van der Waals surface area contributed by atoms with Gasteiger partial charge in [-0.3, -0.25) is 14.4 Å². The van der Waals surface area contributed by atoms with Crippen LogP contribution >= 0.6 is 0 Å². The summed E-state index contributed by atoms with van der Waals surface area (Å²) in [5.41, 5.74) is 0.566. The summed E-state index contributed by atoms with van der Waals surface area (Å²) >= 11 is 0. The van der Waals surface area contributed by atoms with Crippen LogP contribution in [0.3, 0.4) is 0 Å². The van der Waals surface area contributed by atoms with Crippen LogP contribution < -0.4 is 25.0 Å². The average molecular weight is 481 g/mol. The van der Waals surface area contributed by atoms with Crippen molar-refractivity contribution in [3.8, 4) is 11.5 Å². The first-order valence-corrected chi connectivity index (χ1v) is 12.3. The van der Waals surface area contributed by atoms with Gasteiger partial charge in [0.15, 0.2) is 11.5 Å². The number of carbonyl (C=O) groups excluding carboxylic acids is 3. The quantitative estimate of drug-likeness (QED) is 0.569. The Bertz CT molecular complexity index is 1020. The molecule has 1 aliphatic heterocycles. The van der Waals surface area contributed by atoms with E-state index in [-0.39, 0.29) is 43.1 Å². The van der Waals surface area contributed by atoms with E-state index in [4.69, 9.17) is 9.47 Å². The van der Waals surface area contributed by atoms with Gasteiger partial charge in [0.05, 0.1) is 0 Å². The lowest BCUT2D eigenvalue weighted by Crippen LogP contribution is -2.45. The molecular formula is C26H32N4O5. The predicted molar refractivity (Wildman–Crippen MR) is 132 cm³/mol. The maximum Gasteiger partial charge on any atom is 0.240 e. The minimum atomic E-state index is -0.230. The molecule has 2 N–H and O–H groups in total. The Balaban J connectivity index is 1.38. The van der Waals surface area contributed by atoms with Crippen LogP contribution in [0.4, 0.5) is 11.5 Å². The van der Waals surface area contributed by atoms with Crippen LogP contribution in [0.5, 0.6) is 11.5 Å². The molecule has 3 amide bonds. The molecule has 1 saturated carbocycles. The van der Waals surface area contributed by atoms with Crippen LogP contribution in [0, 0.1) is 0 Å². The van der Waals surface area contributed by atoms with Crippen molar-refractivity contribution in [2.75, 3.05) is 30.0 Å². The maximum atomic E-state index is 13.2. The second-order valence-electron chi connectivity index (χ2n) is 8.83. The van der Waals surface area contributed by atoms with E-state index < -0.39 is 0 Å². The average Bonchev–Trinajstić information content (AvgIpc) is 2.88. The maximum absolute atomic E-state index is 13.2. The number of benzene rings is 1. The molecule has 1 aliphatic carbocycles. The number of hydrogen-bond acceptors (Lipinski definition) is 6. The molecule has 186 valence electrons. The number of ether oxygens (including phenoxy) is 2. The van der Waals surface area contributed by atoms with Crippen molar-refractivity contribution >= 4 is 29.2 Å². The molecule has 35 heavy (non-hydrogen) atoms. The van der Waals surface area contributed by atoms with Crippen LogP contribution in [0.25, 0.3) is 0 Å². The minimum Gasteiger partial charge on any atom is -0.486 e. The van der Waals surface area contributed by atoms with Gasteiger partial charge in [-0.15, -0.1) is 0 Å². The highest BCUT2D eigenvalue weighted by Crippen LogP contribution is 2.34. The lowest BCUT2D eigenvalue weighted by Gasteiger charge is -2.27. The molecule has 9 nitrogen and oxygen atoms in total. The molecule has 0 unspecified atom stereocenters. The number of aromatic nitrogens is 1. The molecule has 0 saturated heterocycles. The van der Waals surface area contributed by atoms with Gasteiger partial charge in [0.25, 0.3) is 0 Å². The molecule has 2 aliphatic rings. The summed E-state index contributed by atoms with van der Waals surface area (Å²) in [6, 6.07) is 10.7. The molecule has 2 heterocycles. The van der Waals surface area contributed by atoms with Gasteiger partial charge in [0, 0.05) is 36.8 Å². The topological polar surface area (TPSA) is 110 Å². The van der Waals surface area contributed by atoms with Crippen molar-refractivity contribution in [1.29, 1.82) is 0 Å². The summed E-state index contributed by atoms with van der Waals surface area (Å²) in [5.74, 6) is 1.01. The number of hydrogen-bond donors (Lipinski definition) is 2. The number of nitrogens with zero attached hydrogens (tertiary/aromatic N) is 2. The van der Waals surface area contributed by atoms with E-state index in [1.54, 1.807) is 42.6 Å². The Morgan fingerprint density at radius 3 is 2.51 bits per heavy atom. The summed E-state index contributed by atoms with van der Waals surface area (Å²) in [6.07, 6.45) is 7.59. The number of nitrogens with one attached hydrogen (secondary N) is 2. The molecule has 1 aromatic heterocycles. The van der Waals surface area contributed by atoms with E-state index in [0.29, 0.717) is 42.6 Å². The van der Waals surface area contributed by atoms with Gasteiger partial charge in [-0.2, -0.15) is 0 Å². The van der Waals surface area contributed by atoms with Gasteiger partial charge >= 0.3 is 0 Å². The van der Waals surface area contributed by atoms with E-state index in [1.807, 2.05) is 0 Å². The lowest BCUT2D eigenvalue weighted by atomic mass is 9.95. The van der Waals surface area contributed by atoms with Crippen molar-refractivity contribution in [3.05, 3.63) is 42.6 Å². The molecule has 1 fully saturated rings. The first-order valence-electron chi connectivity index (χ1n) is 12.3. The summed E-state index contributed by atoms with van der Waals surface area (Å²) in [6.45, 7) is 0.812. The van der Waals surface area contributed by atoms with Crippen LogP contribution in [0.2, 0.25) is 0 Å². The first kappa shape index (κ1) is 24.5. The number of anilines is 2. The van der Waals surface area contributed by atoms with Gasteiger partial charge in [0.2, 0.25) is 17.7 Å². The first-order chi connectivity index (χ1) is 17.1. The normalized spacial score (nSPS) is 15.2. The van der Waals surface area contributed by atoms with Gasteiger partial charge in [-0.25, -0.2) is 4.98 Å². The Morgan fingerprint density at radius 1 is 0.943 bits per heavy atom. The molecule has 4 rings (SSSR count). The highest BCUT2D eigenvalue weighted by molar-refractivity contribution is 5.99. The minimum absolute atomic E-state index is 0.0882. The van der Waals surface area contributed by atoms with E-state index in [0.717, 1.165) is 25.7 Å². The van der Waals surface area contributed by atoms with Gasteiger partial charge < -0.3 is 25.0 Å². The molecule has 0 radical (unpaired) electrons. The number of pyridine rings is 1. The highest BCUT2D eigenvalue weighted by Gasteiger charge is 2.24. The molecule has 1 aromatic carbocycles. The summed E-state index contributed by atoms with van der Waals surface area (Å²) in [7, 11) is 0. The SMILES string of the molecule is O=C(CCCC(=O)N(CC(=O)NC1CCCCC1)c1ccc2c(c1)OCCO2)Nc1ccccn1. The number of carbonyl (C=O) groups is 3. The zero-order valence-electron chi connectivity index (χ0n) is 19.8. The monoisotopic (exact) mass is 480 g/mol. The third kappa shape index (κ3) is 7.18. The zero-order valence-corrected chi connectivity index (χ0v) is 19.8. The van der Waals surface area contributed by atoms with E-state index in [1.165, 1.54) is 11.3 Å². The van der Waals surface area contributed by atoms with E-state index in [2.05, 4.69) is 15.6 Å². The van der Waals surface area contributed by atoms with Crippen molar-refractivity contribution in [2.24, 2.45) is 0 Å². The van der Waals surface area contributed by atoms with Crippen LogP contribution in [0.1, 0.15) is 51.4 Å². The third-order valence-electron chi connectivity index (χ3n) is 6.14. The van der Waals surface area contributed by atoms with E-state index in [9.17, 15) is 14.4 Å². The third-order valence-corrected chi connectivity index (χ3v) is 6.14. The van der Waals surface area contributed by atoms with Crippen molar-refractivity contribution in [2.45, 2.75) is 57.4 Å². The summed E-state index contributed by atoms with van der Waals surface area (Å²) in [5, 5.41) is 5.80. The lowest BCUT2D eigenvalue weighted by molar-refractivity contribution is -0.124. The fourth-order valence-electron chi connectivity index (χ4n) is 4.36. The Morgan fingerprint density at radius 2 is 1.74 bits per heavy atom. The van der Waals surface area contributed by atoms with Crippen LogP contribution in [-0.4, -0.2) is 48.5 Å². The second kappa shape index (κ2) is 12.2. The number of fused-ring (bicyclic) bond motifs is 1. The largest absolute Gasteiger partial charge is 0.486 e. The second-order valence-corrected chi connectivity index (χ2v) is 8.83. The molecule has 0 spiro atoms.